The van der Waals surface area contributed by atoms with Crippen LogP contribution in [-0.2, 0) is 15.1 Å². The summed E-state index contributed by atoms with van der Waals surface area (Å²) in [5.41, 5.74) is 2.22. The van der Waals surface area contributed by atoms with E-state index in [2.05, 4.69) is 39.4 Å². The lowest BCUT2D eigenvalue weighted by Crippen LogP contribution is -2.57. The Hall–Kier alpha value is -2.86. The average Bonchev–Trinajstić information content (AvgIpc) is 3.48. The zero-order valence-electron chi connectivity index (χ0n) is 17.7. The highest BCUT2D eigenvalue weighted by Crippen LogP contribution is 2.55. The molecule has 2 aromatic rings. The van der Waals surface area contributed by atoms with Gasteiger partial charge in [-0.3, -0.25) is 14.5 Å². The van der Waals surface area contributed by atoms with E-state index >= 15 is 0 Å². The Morgan fingerprint density at radius 2 is 1.68 bits per heavy atom. The topological polar surface area (TPSA) is 55.9 Å². The van der Waals surface area contributed by atoms with Crippen LogP contribution in [0.2, 0.25) is 0 Å². The second-order valence-corrected chi connectivity index (χ2v) is 9.19. The molecule has 6 rings (SSSR count). The van der Waals surface area contributed by atoms with Crippen molar-refractivity contribution in [1.82, 2.24) is 9.80 Å². The second-order valence-electron chi connectivity index (χ2n) is 9.19. The molecule has 160 valence electrons. The van der Waals surface area contributed by atoms with Gasteiger partial charge >= 0.3 is 0 Å². The van der Waals surface area contributed by atoms with Crippen molar-refractivity contribution in [3.05, 3.63) is 60.2 Å². The quantitative estimate of drug-likeness (QED) is 0.818. The van der Waals surface area contributed by atoms with Crippen LogP contribution in [0.15, 0.2) is 54.6 Å². The van der Waals surface area contributed by atoms with E-state index in [1.54, 1.807) is 0 Å². The van der Waals surface area contributed by atoms with E-state index in [-0.39, 0.29) is 17.7 Å². The zero-order valence-corrected chi connectivity index (χ0v) is 17.7. The lowest BCUT2D eigenvalue weighted by molar-refractivity contribution is -0.144. The average molecular weight is 417 g/mol. The maximum Gasteiger partial charge on any atom is 0.250 e. The number of carbonyl (C=O) groups excluding carboxylic acids is 2. The van der Waals surface area contributed by atoms with E-state index in [0.717, 1.165) is 50.1 Å². The van der Waals surface area contributed by atoms with Gasteiger partial charge in [0.1, 0.15) is 5.54 Å². The smallest absolute Gasteiger partial charge is 0.250 e. The molecular weight excluding hydrogens is 388 g/mol. The molecule has 3 saturated heterocycles. The summed E-state index contributed by atoms with van der Waals surface area (Å²) in [4.78, 5) is 34.1. The van der Waals surface area contributed by atoms with Crippen LogP contribution >= 0.6 is 0 Å². The molecule has 31 heavy (non-hydrogen) atoms. The van der Waals surface area contributed by atoms with Gasteiger partial charge in [-0.25, -0.2) is 0 Å². The summed E-state index contributed by atoms with van der Waals surface area (Å²) in [6.07, 6.45) is 2.95. The molecule has 4 aliphatic heterocycles. The number of nitrogens with zero attached hydrogens (tertiary/aromatic N) is 3. The van der Waals surface area contributed by atoms with Gasteiger partial charge in [0.2, 0.25) is 11.8 Å². The van der Waals surface area contributed by atoms with Crippen LogP contribution in [0.4, 0.5) is 11.4 Å². The summed E-state index contributed by atoms with van der Waals surface area (Å²) >= 11 is 0. The fourth-order valence-corrected chi connectivity index (χ4v) is 6.41. The molecule has 4 heterocycles. The first-order valence-electron chi connectivity index (χ1n) is 11.5. The molecule has 0 aliphatic carbocycles. The number of hydrogen-bond acceptors (Lipinski definition) is 4. The Balaban J connectivity index is 1.29. The molecule has 0 saturated carbocycles. The molecule has 1 spiro atoms. The Kier molecular flexibility index (Phi) is 4.32. The van der Waals surface area contributed by atoms with Crippen molar-refractivity contribution in [2.45, 2.75) is 30.8 Å². The van der Waals surface area contributed by atoms with Crippen LogP contribution in [0.25, 0.3) is 0 Å². The molecule has 0 unspecified atom stereocenters. The molecule has 4 aliphatic rings. The van der Waals surface area contributed by atoms with Crippen LogP contribution < -0.4 is 10.2 Å². The molecule has 0 bridgehead atoms. The number of para-hydroxylation sites is 2. The highest BCUT2D eigenvalue weighted by molar-refractivity contribution is 6.09. The van der Waals surface area contributed by atoms with Crippen molar-refractivity contribution in [3.63, 3.8) is 0 Å². The lowest BCUT2D eigenvalue weighted by Gasteiger charge is -2.41. The normalized spacial score (nSPS) is 29.9. The number of hydrogen-bond donors (Lipinski definition) is 1. The van der Waals surface area contributed by atoms with Crippen LogP contribution in [0.1, 0.15) is 24.8 Å². The summed E-state index contributed by atoms with van der Waals surface area (Å²) in [5.74, 6) is -0.182. The Labute approximate surface area is 182 Å². The highest BCUT2D eigenvalue weighted by atomic mass is 16.2. The number of rotatable bonds is 2. The third kappa shape index (κ3) is 2.67. The van der Waals surface area contributed by atoms with Gasteiger partial charge in [-0.05, 0) is 44.0 Å². The molecule has 1 N–H and O–H groups in total. The monoisotopic (exact) mass is 416 g/mol. The summed E-state index contributed by atoms with van der Waals surface area (Å²) in [7, 11) is 0. The molecule has 3 atom stereocenters. The van der Waals surface area contributed by atoms with E-state index < -0.39 is 5.54 Å². The number of carbonyl (C=O) groups is 2. The zero-order chi connectivity index (χ0) is 21.0. The number of amides is 2. The van der Waals surface area contributed by atoms with Crippen LogP contribution in [-0.4, -0.2) is 60.4 Å². The van der Waals surface area contributed by atoms with Gasteiger partial charge in [-0.1, -0.05) is 36.4 Å². The lowest BCUT2D eigenvalue weighted by atomic mass is 9.78. The molecule has 0 radical (unpaired) electrons. The minimum Gasteiger partial charge on any atom is -0.368 e. The van der Waals surface area contributed by atoms with Crippen LogP contribution in [0.5, 0.6) is 0 Å². The number of fused-ring (bicyclic) bond motifs is 4. The van der Waals surface area contributed by atoms with Crippen LogP contribution in [0.3, 0.4) is 0 Å². The van der Waals surface area contributed by atoms with Crippen molar-refractivity contribution in [1.29, 1.82) is 0 Å². The van der Waals surface area contributed by atoms with Gasteiger partial charge in [0.15, 0.2) is 0 Å². The predicted molar refractivity (Wildman–Crippen MR) is 120 cm³/mol. The van der Waals surface area contributed by atoms with Gasteiger partial charge in [0.05, 0.1) is 5.92 Å². The first kappa shape index (κ1) is 18.9. The number of benzene rings is 2. The third-order valence-electron chi connectivity index (χ3n) is 7.79. The number of nitrogens with one attached hydrogen (secondary N) is 1. The minimum absolute atomic E-state index is 0.0145. The molecule has 3 fully saturated rings. The summed E-state index contributed by atoms with van der Waals surface area (Å²) in [6, 6.07) is 18.6. The molecule has 2 amide bonds. The van der Waals surface area contributed by atoms with E-state index in [4.69, 9.17) is 0 Å². The Morgan fingerprint density at radius 1 is 0.935 bits per heavy atom. The predicted octanol–water partition coefficient (Wildman–Crippen LogP) is 2.67. The van der Waals surface area contributed by atoms with Gasteiger partial charge in [0.25, 0.3) is 0 Å². The van der Waals surface area contributed by atoms with Gasteiger partial charge in [-0.15, -0.1) is 0 Å². The van der Waals surface area contributed by atoms with Crippen molar-refractivity contribution >= 4 is 23.2 Å². The summed E-state index contributed by atoms with van der Waals surface area (Å²) in [5, 5.41) is 3.10. The van der Waals surface area contributed by atoms with Crippen molar-refractivity contribution in [2.75, 3.05) is 42.9 Å². The van der Waals surface area contributed by atoms with Crippen molar-refractivity contribution in [3.8, 4) is 0 Å². The minimum atomic E-state index is -0.842. The van der Waals surface area contributed by atoms with E-state index in [0.29, 0.717) is 19.1 Å². The second kappa shape index (κ2) is 7.09. The molecule has 6 nitrogen and oxygen atoms in total. The van der Waals surface area contributed by atoms with E-state index in [1.807, 2.05) is 35.2 Å². The van der Waals surface area contributed by atoms with Gasteiger partial charge < -0.3 is 15.1 Å². The molecule has 0 aromatic heterocycles. The summed E-state index contributed by atoms with van der Waals surface area (Å²) in [6.45, 7) is 3.94. The molecule has 6 heteroatoms. The maximum absolute atomic E-state index is 13.9. The fourth-order valence-electron chi connectivity index (χ4n) is 6.41. The van der Waals surface area contributed by atoms with Crippen molar-refractivity contribution in [2.24, 2.45) is 5.92 Å². The molecular formula is C25H28N4O2. The highest BCUT2D eigenvalue weighted by Gasteiger charge is 2.65. The first-order valence-corrected chi connectivity index (χ1v) is 11.5. The standard InChI is InChI=1S/C25H28N4O2/c30-23(28-15-13-27(14-16-28)18-7-2-1-3-8-18)21-17-19-9-6-12-29(19)25(21)20-10-4-5-11-22(20)26-24(25)31/h1-5,7-8,10-11,19,21H,6,9,12-17H2,(H,26,31)/t19-,21-,25-/m1/s1. The van der Waals surface area contributed by atoms with Gasteiger partial charge in [-0.2, -0.15) is 0 Å². The Bertz CT molecular complexity index is 1020. The van der Waals surface area contributed by atoms with E-state index in [9.17, 15) is 9.59 Å². The SMILES string of the molecule is O=C([C@H]1C[C@H]2CCCN2[C@@]12C(=O)Nc1ccccc12)N1CCN(c2ccccc2)CC1. The third-order valence-corrected chi connectivity index (χ3v) is 7.79. The fraction of sp³-hybridized carbons (Fsp3) is 0.440. The Morgan fingerprint density at radius 3 is 2.48 bits per heavy atom. The molecule has 2 aromatic carbocycles. The largest absolute Gasteiger partial charge is 0.368 e. The first-order chi connectivity index (χ1) is 15.2. The van der Waals surface area contributed by atoms with Crippen LogP contribution in [0, 0.1) is 5.92 Å². The number of anilines is 2. The summed E-state index contributed by atoms with van der Waals surface area (Å²) < 4.78 is 0. The van der Waals surface area contributed by atoms with Gasteiger partial charge in [0, 0.05) is 49.2 Å². The number of piperazine rings is 1. The van der Waals surface area contributed by atoms with E-state index in [1.165, 1.54) is 5.69 Å². The van der Waals surface area contributed by atoms with Crippen molar-refractivity contribution < 1.29 is 9.59 Å². The maximum atomic E-state index is 13.9.